The summed E-state index contributed by atoms with van der Waals surface area (Å²) in [5.41, 5.74) is -0.0433. The Morgan fingerprint density at radius 1 is 1.07 bits per heavy atom. The number of halogens is 3. The maximum atomic E-state index is 13.4. The number of methoxy groups -OCH3 is 1. The van der Waals surface area contributed by atoms with Crippen LogP contribution in [0.5, 0.6) is 0 Å². The number of hydrogen-bond donors (Lipinski definition) is 1. The molecule has 3 aliphatic rings. The lowest BCUT2D eigenvalue weighted by molar-refractivity contribution is -0.192. The highest BCUT2D eigenvalue weighted by molar-refractivity contribution is 7.99. The number of likely N-dealkylation sites (tertiary alicyclic amines) is 1. The Hall–Kier alpha value is -2.60. The molecule has 1 N–H and O–H groups in total. The molecule has 222 valence electrons. The van der Waals surface area contributed by atoms with Gasteiger partial charge < -0.3 is 9.84 Å². The third-order valence-electron chi connectivity index (χ3n) is 7.94. The molecule has 0 saturated carbocycles. The molecule has 0 aromatic heterocycles. The SMILES string of the molecule is CCCCCCSc1ccc([C@@H]2[C@H]3C(=O)N(CC)C(=O)[C@H]3[C@]3(C(=O)OC)CCCCN23)cc1.O=C(O)C(F)(F)F. The number of amides is 2. The van der Waals surface area contributed by atoms with Crippen molar-refractivity contribution in [2.45, 2.75) is 81.4 Å². The van der Waals surface area contributed by atoms with Crippen molar-refractivity contribution in [1.82, 2.24) is 9.80 Å². The third kappa shape index (κ3) is 6.17. The summed E-state index contributed by atoms with van der Waals surface area (Å²) < 4.78 is 37.0. The zero-order chi connectivity index (χ0) is 29.7. The van der Waals surface area contributed by atoms with E-state index in [9.17, 15) is 27.6 Å². The van der Waals surface area contributed by atoms with Crippen LogP contribution in [0.1, 0.15) is 70.4 Å². The minimum absolute atomic E-state index is 0.149. The third-order valence-corrected chi connectivity index (χ3v) is 9.04. The number of rotatable bonds is 9. The number of fused-ring (bicyclic) bond motifs is 3. The van der Waals surface area contributed by atoms with Gasteiger partial charge in [0.05, 0.1) is 18.9 Å². The first-order valence-electron chi connectivity index (χ1n) is 13.7. The van der Waals surface area contributed by atoms with Gasteiger partial charge >= 0.3 is 18.1 Å². The molecule has 2 amide bonds. The predicted molar refractivity (Wildman–Crippen MR) is 142 cm³/mol. The average molecular weight is 587 g/mol. The first-order chi connectivity index (χ1) is 18.9. The number of hydrogen-bond acceptors (Lipinski definition) is 7. The highest BCUT2D eigenvalue weighted by Crippen LogP contribution is 2.58. The van der Waals surface area contributed by atoms with Gasteiger partial charge in [-0.3, -0.25) is 24.2 Å². The van der Waals surface area contributed by atoms with Gasteiger partial charge in [0, 0.05) is 17.5 Å². The second kappa shape index (κ2) is 13.4. The van der Waals surface area contributed by atoms with Crippen LogP contribution in [-0.4, -0.2) is 76.3 Å². The van der Waals surface area contributed by atoms with Gasteiger partial charge in [0.15, 0.2) is 0 Å². The molecule has 3 fully saturated rings. The molecule has 0 aliphatic carbocycles. The number of aliphatic carboxylic acids is 1. The smallest absolute Gasteiger partial charge is 0.475 e. The van der Waals surface area contributed by atoms with E-state index in [4.69, 9.17) is 14.6 Å². The Kier molecular flexibility index (Phi) is 10.7. The van der Waals surface area contributed by atoms with Gasteiger partial charge in [-0.1, -0.05) is 38.3 Å². The van der Waals surface area contributed by atoms with E-state index in [1.54, 1.807) is 0 Å². The number of nitrogens with zero attached hydrogens (tertiary/aromatic N) is 2. The number of piperidine rings is 1. The number of unbranched alkanes of at least 4 members (excludes halogenated alkanes) is 3. The van der Waals surface area contributed by atoms with Crippen LogP contribution in [0.2, 0.25) is 0 Å². The molecule has 0 spiro atoms. The molecule has 4 atom stereocenters. The van der Waals surface area contributed by atoms with E-state index in [2.05, 4.69) is 36.1 Å². The summed E-state index contributed by atoms with van der Waals surface area (Å²) in [4.78, 5) is 53.7. The van der Waals surface area contributed by atoms with Crippen LogP contribution >= 0.6 is 11.8 Å². The fraction of sp³-hybridized carbons (Fsp3) is 0.643. The van der Waals surface area contributed by atoms with Crippen molar-refractivity contribution in [3.63, 3.8) is 0 Å². The molecule has 0 bridgehead atoms. The Morgan fingerprint density at radius 2 is 1.73 bits per heavy atom. The zero-order valence-corrected chi connectivity index (χ0v) is 23.9. The van der Waals surface area contributed by atoms with Gasteiger partial charge in [0.25, 0.3) is 0 Å². The number of esters is 1. The largest absolute Gasteiger partial charge is 0.490 e. The second-order valence-electron chi connectivity index (χ2n) is 10.2. The fourth-order valence-corrected chi connectivity index (χ4v) is 7.12. The van der Waals surface area contributed by atoms with Crippen molar-refractivity contribution >= 4 is 35.5 Å². The first-order valence-corrected chi connectivity index (χ1v) is 14.7. The average Bonchev–Trinajstić information content (AvgIpc) is 3.38. The number of ether oxygens (including phenoxy) is 1. The standard InChI is InChI=1S/C26H36N2O4S.C2HF3O2/c1-4-6-7-10-17-33-19-13-11-18(12-14-19)22-20-21(24(30)27(5-2)23(20)29)26(25(31)32-3)15-8-9-16-28(22)26;3-2(4,5)1(6)7/h11-14,20-22H,4-10,15-17H2,1-3H3;(H,6,7)/t20-,21-,22+,26-;/m0./s1. The molecule has 40 heavy (non-hydrogen) atoms. The predicted octanol–water partition coefficient (Wildman–Crippen LogP) is 5.07. The summed E-state index contributed by atoms with van der Waals surface area (Å²) in [6.07, 6.45) is 2.27. The summed E-state index contributed by atoms with van der Waals surface area (Å²) in [5, 5.41) is 7.12. The van der Waals surface area contributed by atoms with Crippen molar-refractivity contribution in [3.8, 4) is 0 Å². The minimum Gasteiger partial charge on any atom is -0.475 e. The van der Waals surface area contributed by atoms with Gasteiger partial charge in [-0.15, -0.1) is 11.8 Å². The minimum atomic E-state index is -5.08. The van der Waals surface area contributed by atoms with Crippen LogP contribution in [0.4, 0.5) is 13.2 Å². The van der Waals surface area contributed by atoms with Crippen molar-refractivity contribution in [1.29, 1.82) is 0 Å². The molecule has 1 aromatic rings. The normalized spacial score (nSPS) is 26.1. The molecule has 4 rings (SSSR count). The maximum absolute atomic E-state index is 13.4. The van der Waals surface area contributed by atoms with Gasteiger partial charge in [0.1, 0.15) is 5.54 Å². The molecule has 0 radical (unpaired) electrons. The number of carbonyl (C=O) groups excluding carboxylic acids is 3. The van der Waals surface area contributed by atoms with Gasteiger partial charge in [-0.05, 0) is 62.6 Å². The van der Waals surface area contributed by atoms with Crippen molar-refractivity contribution in [3.05, 3.63) is 29.8 Å². The molecule has 8 nitrogen and oxygen atoms in total. The van der Waals surface area contributed by atoms with E-state index < -0.39 is 29.5 Å². The van der Waals surface area contributed by atoms with Crippen LogP contribution in [0.3, 0.4) is 0 Å². The molecule has 12 heteroatoms. The molecule has 3 heterocycles. The highest BCUT2D eigenvalue weighted by atomic mass is 32.2. The highest BCUT2D eigenvalue weighted by Gasteiger charge is 2.72. The van der Waals surface area contributed by atoms with Crippen LogP contribution in [0, 0.1) is 11.8 Å². The van der Waals surface area contributed by atoms with Crippen molar-refractivity contribution in [2.75, 3.05) is 26.0 Å². The fourth-order valence-electron chi connectivity index (χ4n) is 6.21. The van der Waals surface area contributed by atoms with Gasteiger partial charge in [0.2, 0.25) is 11.8 Å². The molecule has 3 saturated heterocycles. The summed E-state index contributed by atoms with van der Waals surface area (Å²) >= 11 is 1.86. The number of carboxylic acid groups (broad SMARTS) is 1. The Bertz CT molecular complexity index is 1080. The number of carbonyl (C=O) groups is 4. The molecule has 0 unspecified atom stereocenters. The Morgan fingerprint density at radius 3 is 2.27 bits per heavy atom. The van der Waals surface area contributed by atoms with E-state index in [1.807, 2.05) is 18.7 Å². The summed E-state index contributed by atoms with van der Waals surface area (Å²) in [6, 6.07) is 8.13. The van der Waals surface area contributed by atoms with E-state index in [0.29, 0.717) is 19.5 Å². The number of alkyl halides is 3. The monoisotopic (exact) mass is 586 g/mol. The van der Waals surface area contributed by atoms with E-state index in [0.717, 1.165) is 24.2 Å². The molecule has 1 aromatic carbocycles. The summed E-state index contributed by atoms with van der Waals surface area (Å²) in [7, 11) is 1.39. The lowest BCUT2D eigenvalue weighted by Crippen LogP contribution is -2.59. The zero-order valence-electron chi connectivity index (χ0n) is 23.0. The molecular formula is C28H37F3N2O6S. The van der Waals surface area contributed by atoms with E-state index in [1.165, 1.54) is 42.6 Å². The maximum Gasteiger partial charge on any atom is 0.490 e. The number of imide groups is 1. The van der Waals surface area contributed by atoms with E-state index >= 15 is 0 Å². The van der Waals surface area contributed by atoms with E-state index in [-0.39, 0.29) is 23.8 Å². The van der Waals surface area contributed by atoms with Crippen molar-refractivity contribution < 1.29 is 42.2 Å². The number of thioether (sulfide) groups is 1. The van der Waals surface area contributed by atoms with Gasteiger partial charge in [-0.2, -0.15) is 13.2 Å². The Labute approximate surface area is 236 Å². The number of benzene rings is 1. The lowest BCUT2D eigenvalue weighted by Gasteiger charge is -2.44. The Balaban J connectivity index is 0.000000559. The summed E-state index contributed by atoms with van der Waals surface area (Å²) in [5.74, 6) is -3.61. The molecule has 3 aliphatic heterocycles. The first kappa shape index (κ1) is 31.9. The van der Waals surface area contributed by atoms with Crippen LogP contribution in [-0.2, 0) is 23.9 Å². The number of carboxylic acids is 1. The van der Waals surface area contributed by atoms with Crippen LogP contribution in [0.25, 0.3) is 0 Å². The summed E-state index contributed by atoms with van der Waals surface area (Å²) in [6.45, 7) is 5.07. The van der Waals surface area contributed by atoms with Gasteiger partial charge in [-0.25, -0.2) is 4.79 Å². The lowest BCUT2D eigenvalue weighted by atomic mass is 9.75. The molecular weight excluding hydrogens is 549 g/mol. The quantitative estimate of drug-likeness (QED) is 0.185. The topological polar surface area (TPSA) is 104 Å². The second-order valence-corrected chi connectivity index (χ2v) is 11.4. The van der Waals surface area contributed by atoms with Crippen LogP contribution in [0.15, 0.2) is 29.2 Å². The van der Waals surface area contributed by atoms with Crippen molar-refractivity contribution in [2.24, 2.45) is 11.8 Å². The van der Waals surface area contributed by atoms with Crippen LogP contribution < -0.4 is 0 Å².